The first-order valence-corrected chi connectivity index (χ1v) is 7.86. The Kier molecular flexibility index (Phi) is 6.09. The van der Waals surface area contributed by atoms with Crippen molar-refractivity contribution in [1.29, 1.82) is 0 Å². The fourth-order valence-electron chi connectivity index (χ4n) is 2.10. The van der Waals surface area contributed by atoms with Crippen LogP contribution in [0.3, 0.4) is 0 Å². The zero-order valence-corrected chi connectivity index (χ0v) is 13.4. The normalized spacial score (nSPS) is 10.6. The number of hydrogen-bond donors (Lipinski definition) is 1. The number of aryl methyl sites for hydroxylation is 1. The number of ether oxygens (including phenoxy) is 1. The summed E-state index contributed by atoms with van der Waals surface area (Å²) in [7, 11) is 0. The van der Waals surface area contributed by atoms with Gasteiger partial charge in [-0.1, -0.05) is 43.6 Å². The molecule has 0 atom stereocenters. The van der Waals surface area contributed by atoms with Gasteiger partial charge in [-0.05, 0) is 54.8 Å². The molecule has 0 unspecified atom stereocenters. The van der Waals surface area contributed by atoms with E-state index in [-0.39, 0.29) is 0 Å². The van der Waals surface area contributed by atoms with Gasteiger partial charge in [-0.2, -0.15) is 0 Å². The Morgan fingerprint density at radius 1 is 1.05 bits per heavy atom. The molecule has 112 valence electrons. The van der Waals surface area contributed by atoms with E-state index < -0.39 is 0 Å². The van der Waals surface area contributed by atoms with Crippen molar-refractivity contribution in [2.45, 2.75) is 33.2 Å². The summed E-state index contributed by atoms with van der Waals surface area (Å²) >= 11 is 6.31. The number of benzene rings is 2. The maximum absolute atomic E-state index is 6.31. The van der Waals surface area contributed by atoms with Crippen LogP contribution < -0.4 is 10.1 Å². The van der Waals surface area contributed by atoms with E-state index in [0.29, 0.717) is 0 Å². The van der Waals surface area contributed by atoms with E-state index in [0.717, 1.165) is 48.0 Å². The standard InChI is InChI=1S/C18H22ClNO/c1-3-10-20-13-15-8-9-17(12-18(15)19)21-16-7-5-6-14(4-2)11-16/h5-9,11-12,20H,3-4,10,13H2,1-2H3. The van der Waals surface area contributed by atoms with Crippen molar-refractivity contribution in [2.24, 2.45) is 0 Å². The van der Waals surface area contributed by atoms with Gasteiger partial charge in [0.15, 0.2) is 0 Å². The summed E-state index contributed by atoms with van der Waals surface area (Å²) in [5.41, 5.74) is 2.36. The van der Waals surface area contributed by atoms with E-state index in [9.17, 15) is 0 Å². The van der Waals surface area contributed by atoms with Gasteiger partial charge in [-0.15, -0.1) is 0 Å². The molecule has 0 aliphatic heterocycles. The lowest BCUT2D eigenvalue weighted by molar-refractivity contribution is 0.481. The number of nitrogens with one attached hydrogen (secondary N) is 1. The lowest BCUT2D eigenvalue weighted by Crippen LogP contribution is -2.13. The Morgan fingerprint density at radius 2 is 1.86 bits per heavy atom. The average Bonchev–Trinajstić information content (AvgIpc) is 2.50. The molecule has 2 aromatic rings. The predicted octanol–water partition coefficient (Wildman–Crippen LogP) is 5.19. The summed E-state index contributed by atoms with van der Waals surface area (Å²) in [6.07, 6.45) is 2.12. The smallest absolute Gasteiger partial charge is 0.128 e. The van der Waals surface area contributed by atoms with Crippen LogP contribution in [-0.2, 0) is 13.0 Å². The van der Waals surface area contributed by atoms with Crippen LogP contribution in [0.2, 0.25) is 5.02 Å². The zero-order valence-electron chi connectivity index (χ0n) is 12.7. The van der Waals surface area contributed by atoms with Crippen LogP contribution in [0.25, 0.3) is 0 Å². The van der Waals surface area contributed by atoms with Crippen LogP contribution in [0.5, 0.6) is 11.5 Å². The average molecular weight is 304 g/mol. The van der Waals surface area contributed by atoms with Gasteiger partial charge in [0.25, 0.3) is 0 Å². The molecule has 0 aliphatic carbocycles. The topological polar surface area (TPSA) is 21.3 Å². The second-order valence-corrected chi connectivity index (χ2v) is 5.44. The van der Waals surface area contributed by atoms with Crippen LogP contribution >= 0.6 is 11.6 Å². The van der Waals surface area contributed by atoms with Crippen molar-refractivity contribution in [1.82, 2.24) is 5.32 Å². The van der Waals surface area contributed by atoms with E-state index in [4.69, 9.17) is 16.3 Å². The van der Waals surface area contributed by atoms with Crippen LogP contribution in [-0.4, -0.2) is 6.54 Å². The van der Waals surface area contributed by atoms with Gasteiger partial charge in [0.05, 0.1) is 0 Å². The van der Waals surface area contributed by atoms with E-state index in [2.05, 4.69) is 31.3 Å². The van der Waals surface area contributed by atoms with Gasteiger partial charge >= 0.3 is 0 Å². The summed E-state index contributed by atoms with van der Waals surface area (Å²) in [6.45, 7) is 6.07. The monoisotopic (exact) mass is 303 g/mol. The summed E-state index contributed by atoms with van der Waals surface area (Å²) in [5.74, 6) is 1.62. The van der Waals surface area contributed by atoms with Crippen molar-refractivity contribution in [3.63, 3.8) is 0 Å². The summed E-state index contributed by atoms with van der Waals surface area (Å²) in [5, 5.41) is 4.09. The molecule has 0 aromatic heterocycles. The molecule has 0 fully saturated rings. The van der Waals surface area contributed by atoms with Crippen LogP contribution in [0.4, 0.5) is 0 Å². The van der Waals surface area contributed by atoms with E-state index in [1.807, 2.05) is 30.3 Å². The van der Waals surface area contributed by atoms with Crippen molar-refractivity contribution >= 4 is 11.6 Å². The third kappa shape index (κ3) is 4.76. The Bertz CT molecular complexity index is 583. The predicted molar refractivity (Wildman–Crippen MR) is 89.3 cm³/mol. The van der Waals surface area contributed by atoms with Gasteiger partial charge in [-0.3, -0.25) is 0 Å². The van der Waals surface area contributed by atoms with Crippen molar-refractivity contribution < 1.29 is 4.74 Å². The second kappa shape index (κ2) is 8.06. The molecule has 0 heterocycles. The first-order chi connectivity index (χ1) is 10.2. The molecule has 0 bridgehead atoms. The molecule has 2 rings (SSSR count). The molecule has 1 N–H and O–H groups in total. The lowest BCUT2D eigenvalue weighted by Gasteiger charge is -2.10. The van der Waals surface area contributed by atoms with Crippen molar-refractivity contribution in [3.8, 4) is 11.5 Å². The zero-order chi connectivity index (χ0) is 15.1. The minimum Gasteiger partial charge on any atom is -0.457 e. The molecule has 0 spiro atoms. The fraction of sp³-hybridized carbons (Fsp3) is 0.333. The maximum atomic E-state index is 6.31. The molecule has 21 heavy (non-hydrogen) atoms. The Labute approximate surface area is 132 Å². The minimum atomic E-state index is 0.739. The van der Waals surface area contributed by atoms with Crippen LogP contribution in [0.1, 0.15) is 31.4 Å². The quantitative estimate of drug-likeness (QED) is 0.710. The highest BCUT2D eigenvalue weighted by molar-refractivity contribution is 6.31. The third-order valence-corrected chi connectivity index (χ3v) is 3.66. The first kappa shape index (κ1) is 15.9. The maximum Gasteiger partial charge on any atom is 0.128 e. The summed E-state index contributed by atoms with van der Waals surface area (Å²) < 4.78 is 5.88. The molecule has 0 amide bonds. The van der Waals surface area contributed by atoms with E-state index in [1.54, 1.807) is 0 Å². The molecule has 2 nitrogen and oxygen atoms in total. The highest BCUT2D eigenvalue weighted by atomic mass is 35.5. The molecule has 3 heteroatoms. The lowest BCUT2D eigenvalue weighted by atomic mass is 10.1. The largest absolute Gasteiger partial charge is 0.457 e. The van der Waals surface area contributed by atoms with Gasteiger partial charge in [0, 0.05) is 11.6 Å². The fourth-order valence-corrected chi connectivity index (χ4v) is 2.34. The summed E-state index contributed by atoms with van der Waals surface area (Å²) in [4.78, 5) is 0. The number of hydrogen-bond acceptors (Lipinski definition) is 2. The van der Waals surface area contributed by atoms with Gasteiger partial charge in [0.2, 0.25) is 0 Å². The molecular formula is C18H22ClNO. The van der Waals surface area contributed by atoms with Gasteiger partial charge in [0.1, 0.15) is 11.5 Å². The van der Waals surface area contributed by atoms with E-state index in [1.165, 1.54) is 5.56 Å². The molecule has 0 saturated heterocycles. The van der Waals surface area contributed by atoms with Crippen LogP contribution in [0, 0.1) is 0 Å². The van der Waals surface area contributed by atoms with Crippen LogP contribution in [0.15, 0.2) is 42.5 Å². The molecule has 0 saturated carbocycles. The SMILES string of the molecule is CCCNCc1ccc(Oc2cccc(CC)c2)cc1Cl. The van der Waals surface area contributed by atoms with Gasteiger partial charge in [-0.25, -0.2) is 0 Å². The number of rotatable bonds is 7. The minimum absolute atomic E-state index is 0.739. The molecular weight excluding hydrogens is 282 g/mol. The Balaban J connectivity index is 2.05. The van der Waals surface area contributed by atoms with Crippen molar-refractivity contribution in [2.75, 3.05) is 6.54 Å². The third-order valence-electron chi connectivity index (χ3n) is 3.31. The highest BCUT2D eigenvalue weighted by Gasteiger charge is 2.04. The molecule has 0 aliphatic rings. The molecule has 2 aromatic carbocycles. The molecule has 0 radical (unpaired) electrons. The van der Waals surface area contributed by atoms with E-state index >= 15 is 0 Å². The number of halogens is 1. The Hall–Kier alpha value is -1.51. The summed E-state index contributed by atoms with van der Waals surface area (Å²) in [6, 6.07) is 14.0. The van der Waals surface area contributed by atoms with Gasteiger partial charge < -0.3 is 10.1 Å². The van der Waals surface area contributed by atoms with Crippen molar-refractivity contribution in [3.05, 3.63) is 58.6 Å². The Morgan fingerprint density at radius 3 is 2.57 bits per heavy atom. The second-order valence-electron chi connectivity index (χ2n) is 5.03. The first-order valence-electron chi connectivity index (χ1n) is 7.49. The highest BCUT2D eigenvalue weighted by Crippen LogP contribution is 2.27.